The molecule has 24 heavy (non-hydrogen) atoms. The van der Waals surface area contributed by atoms with E-state index in [0.717, 1.165) is 24.0 Å². The lowest BCUT2D eigenvalue weighted by atomic mass is 10.0. The topological polar surface area (TPSA) is 55.1 Å². The van der Waals surface area contributed by atoms with E-state index in [1.807, 2.05) is 30.3 Å². The van der Waals surface area contributed by atoms with E-state index in [4.69, 9.17) is 4.42 Å². The Morgan fingerprint density at radius 3 is 2.62 bits per heavy atom. The van der Waals surface area contributed by atoms with Crippen LogP contribution < -0.4 is 5.32 Å². The zero-order valence-electron chi connectivity index (χ0n) is 13.0. The van der Waals surface area contributed by atoms with Crippen LogP contribution in [-0.2, 0) is 6.42 Å². The monoisotopic (exact) mass is 324 g/mol. The van der Waals surface area contributed by atoms with Crippen LogP contribution in [0, 0.1) is 5.82 Å². The van der Waals surface area contributed by atoms with Gasteiger partial charge < -0.3 is 9.73 Å². The summed E-state index contributed by atoms with van der Waals surface area (Å²) in [5.74, 6) is -0.271. The molecule has 0 radical (unpaired) electrons. The van der Waals surface area contributed by atoms with Crippen LogP contribution in [0.2, 0.25) is 0 Å². The van der Waals surface area contributed by atoms with Crippen LogP contribution in [0.25, 0.3) is 11.1 Å². The highest BCUT2D eigenvalue weighted by Gasteiger charge is 2.08. The maximum atomic E-state index is 13.8. The molecule has 2 aromatic carbocycles. The molecule has 0 spiro atoms. The number of halogens is 1. The normalized spacial score (nSPS) is 10.5. The summed E-state index contributed by atoms with van der Waals surface area (Å²) in [6.07, 6.45) is 4.25. The van der Waals surface area contributed by atoms with Gasteiger partial charge >= 0.3 is 0 Å². The van der Waals surface area contributed by atoms with Gasteiger partial charge in [0.1, 0.15) is 5.82 Å². The summed E-state index contributed by atoms with van der Waals surface area (Å²) in [6, 6.07) is 14.5. The second-order valence-corrected chi connectivity index (χ2v) is 5.40. The number of oxazole rings is 1. The van der Waals surface area contributed by atoms with Gasteiger partial charge in [0.15, 0.2) is 6.39 Å². The van der Waals surface area contributed by atoms with Crippen molar-refractivity contribution in [3.05, 3.63) is 78.3 Å². The summed E-state index contributed by atoms with van der Waals surface area (Å²) in [4.78, 5) is 15.4. The SMILES string of the molecule is O=C(NCCCc1ccc(-c2ccccc2F)cc1)c1cnco1. The number of aryl methyl sites for hydroxylation is 1. The molecule has 0 saturated carbocycles. The molecular weight excluding hydrogens is 307 g/mol. The van der Waals surface area contributed by atoms with Gasteiger partial charge in [-0.3, -0.25) is 4.79 Å². The fourth-order valence-corrected chi connectivity index (χ4v) is 2.46. The van der Waals surface area contributed by atoms with Crippen molar-refractivity contribution in [1.29, 1.82) is 0 Å². The third-order valence-corrected chi connectivity index (χ3v) is 3.72. The van der Waals surface area contributed by atoms with Crippen LogP contribution in [0.3, 0.4) is 0 Å². The van der Waals surface area contributed by atoms with Crippen LogP contribution in [-0.4, -0.2) is 17.4 Å². The van der Waals surface area contributed by atoms with Gasteiger partial charge in [-0.2, -0.15) is 0 Å². The molecule has 0 atom stereocenters. The summed E-state index contributed by atoms with van der Waals surface area (Å²) in [5.41, 5.74) is 2.60. The zero-order valence-corrected chi connectivity index (χ0v) is 13.0. The number of hydrogen-bond acceptors (Lipinski definition) is 3. The van der Waals surface area contributed by atoms with Gasteiger partial charge in [-0.25, -0.2) is 9.37 Å². The summed E-state index contributed by atoms with van der Waals surface area (Å²) < 4.78 is 18.7. The van der Waals surface area contributed by atoms with Crippen molar-refractivity contribution in [2.45, 2.75) is 12.8 Å². The van der Waals surface area contributed by atoms with Gasteiger partial charge in [0.25, 0.3) is 5.91 Å². The van der Waals surface area contributed by atoms with Gasteiger partial charge in [0, 0.05) is 12.1 Å². The predicted octanol–water partition coefficient (Wildman–Crippen LogP) is 3.84. The Hall–Kier alpha value is -2.95. The van der Waals surface area contributed by atoms with E-state index < -0.39 is 0 Å². The van der Waals surface area contributed by atoms with Crippen molar-refractivity contribution < 1.29 is 13.6 Å². The first-order chi connectivity index (χ1) is 11.7. The number of carbonyl (C=O) groups is 1. The smallest absolute Gasteiger partial charge is 0.288 e. The van der Waals surface area contributed by atoms with Gasteiger partial charge in [-0.05, 0) is 30.0 Å². The lowest BCUT2D eigenvalue weighted by Gasteiger charge is -2.06. The fourth-order valence-electron chi connectivity index (χ4n) is 2.46. The highest BCUT2D eigenvalue weighted by atomic mass is 19.1. The summed E-state index contributed by atoms with van der Waals surface area (Å²) in [7, 11) is 0. The molecule has 5 heteroatoms. The van der Waals surface area contributed by atoms with E-state index in [1.165, 1.54) is 18.7 Å². The summed E-state index contributed by atoms with van der Waals surface area (Å²) in [5, 5.41) is 2.78. The maximum Gasteiger partial charge on any atom is 0.288 e. The molecule has 0 aliphatic heterocycles. The molecule has 0 fully saturated rings. The quantitative estimate of drug-likeness (QED) is 0.701. The van der Waals surface area contributed by atoms with Crippen molar-refractivity contribution in [2.24, 2.45) is 0 Å². The maximum absolute atomic E-state index is 13.8. The Bertz CT molecular complexity index is 798. The third-order valence-electron chi connectivity index (χ3n) is 3.72. The standard InChI is InChI=1S/C19H17FN2O2/c20-17-6-2-1-5-16(17)15-9-7-14(8-10-15)4-3-11-22-19(23)18-12-21-13-24-18/h1-2,5-10,12-13H,3-4,11H2,(H,22,23). The summed E-state index contributed by atoms with van der Waals surface area (Å²) >= 11 is 0. The molecule has 1 heterocycles. The molecule has 0 aliphatic rings. The van der Waals surface area contributed by atoms with Crippen molar-refractivity contribution in [3.63, 3.8) is 0 Å². The Balaban J connectivity index is 1.50. The van der Waals surface area contributed by atoms with E-state index in [2.05, 4.69) is 10.3 Å². The fraction of sp³-hybridized carbons (Fsp3) is 0.158. The molecule has 122 valence electrons. The molecule has 3 aromatic rings. The average molecular weight is 324 g/mol. The molecule has 3 rings (SSSR count). The number of aromatic nitrogens is 1. The second-order valence-electron chi connectivity index (χ2n) is 5.40. The first-order valence-electron chi connectivity index (χ1n) is 7.74. The Morgan fingerprint density at radius 1 is 1.12 bits per heavy atom. The number of benzene rings is 2. The molecule has 4 nitrogen and oxygen atoms in total. The van der Waals surface area contributed by atoms with Gasteiger partial charge in [0.05, 0.1) is 6.20 Å². The van der Waals surface area contributed by atoms with E-state index >= 15 is 0 Å². The van der Waals surface area contributed by atoms with Crippen LogP contribution in [0.15, 0.2) is 65.5 Å². The summed E-state index contributed by atoms with van der Waals surface area (Å²) in [6.45, 7) is 0.550. The first-order valence-corrected chi connectivity index (χ1v) is 7.74. The van der Waals surface area contributed by atoms with Crippen molar-refractivity contribution >= 4 is 5.91 Å². The first kappa shape index (κ1) is 15.9. The van der Waals surface area contributed by atoms with Crippen molar-refractivity contribution in [1.82, 2.24) is 10.3 Å². The molecule has 1 amide bonds. The Morgan fingerprint density at radius 2 is 1.92 bits per heavy atom. The predicted molar refractivity (Wildman–Crippen MR) is 89.0 cm³/mol. The van der Waals surface area contributed by atoms with Crippen LogP contribution in [0.4, 0.5) is 4.39 Å². The molecule has 0 saturated heterocycles. The minimum absolute atomic E-state index is 0.212. The van der Waals surface area contributed by atoms with Crippen LogP contribution >= 0.6 is 0 Å². The van der Waals surface area contributed by atoms with E-state index in [1.54, 1.807) is 12.1 Å². The van der Waals surface area contributed by atoms with Crippen molar-refractivity contribution in [2.75, 3.05) is 6.54 Å². The van der Waals surface area contributed by atoms with Gasteiger partial charge in [0.2, 0.25) is 5.76 Å². The van der Waals surface area contributed by atoms with Gasteiger partial charge in [-0.15, -0.1) is 0 Å². The number of carbonyl (C=O) groups excluding carboxylic acids is 1. The van der Waals surface area contributed by atoms with E-state index in [0.29, 0.717) is 12.1 Å². The highest BCUT2D eigenvalue weighted by molar-refractivity contribution is 5.90. The Labute approximate surface area is 139 Å². The molecular formula is C19H17FN2O2. The number of amides is 1. The minimum atomic E-state index is -0.262. The third kappa shape index (κ3) is 3.87. The number of nitrogens with one attached hydrogen (secondary N) is 1. The molecule has 1 aromatic heterocycles. The van der Waals surface area contributed by atoms with Gasteiger partial charge in [-0.1, -0.05) is 42.5 Å². The van der Waals surface area contributed by atoms with Crippen LogP contribution in [0.5, 0.6) is 0 Å². The molecule has 0 unspecified atom stereocenters. The van der Waals surface area contributed by atoms with Crippen LogP contribution in [0.1, 0.15) is 22.5 Å². The number of nitrogens with zero attached hydrogens (tertiary/aromatic N) is 1. The van der Waals surface area contributed by atoms with E-state index in [9.17, 15) is 9.18 Å². The van der Waals surface area contributed by atoms with E-state index in [-0.39, 0.29) is 17.5 Å². The lowest BCUT2D eigenvalue weighted by molar-refractivity contribution is 0.0925. The number of hydrogen-bond donors (Lipinski definition) is 1. The average Bonchev–Trinajstić information content (AvgIpc) is 3.14. The Kier molecular flexibility index (Phi) is 5.01. The minimum Gasteiger partial charge on any atom is -0.438 e. The second kappa shape index (κ2) is 7.55. The highest BCUT2D eigenvalue weighted by Crippen LogP contribution is 2.22. The lowest BCUT2D eigenvalue weighted by Crippen LogP contribution is -2.24. The molecule has 1 N–H and O–H groups in total. The zero-order chi connectivity index (χ0) is 16.8. The van der Waals surface area contributed by atoms with Crippen molar-refractivity contribution in [3.8, 4) is 11.1 Å². The molecule has 0 aliphatic carbocycles. The number of rotatable bonds is 6. The molecule has 0 bridgehead atoms. The largest absolute Gasteiger partial charge is 0.438 e.